The molecular formula is C23H26N4O3. The molecule has 0 bridgehead atoms. The maximum atomic E-state index is 12.4. The number of aromatic nitrogens is 2. The Kier molecular flexibility index (Phi) is 6.09. The molecule has 0 N–H and O–H groups in total. The van der Waals surface area contributed by atoms with Gasteiger partial charge in [-0.3, -0.25) is 4.79 Å². The molecule has 0 radical (unpaired) electrons. The SMILES string of the molecule is Cc1ccc(-c2noc(-c3ccc(OCC(=O)N4CCCN(C)CC4)cc3)n2)cc1. The highest BCUT2D eigenvalue weighted by Crippen LogP contribution is 2.24. The molecule has 2 aromatic carbocycles. The summed E-state index contributed by atoms with van der Waals surface area (Å²) in [7, 11) is 2.08. The molecule has 156 valence electrons. The average Bonchev–Trinajstić information content (AvgIpc) is 3.15. The molecule has 3 aromatic rings. The number of benzene rings is 2. The zero-order valence-corrected chi connectivity index (χ0v) is 17.4. The van der Waals surface area contributed by atoms with E-state index >= 15 is 0 Å². The predicted octanol–water partition coefficient (Wildman–Crippen LogP) is 3.25. The first-order valence-corrected chi connectivity index (χ1v) is 10.2. The fourth-order valence-corrected chi connectivity index (χ4v) is 3.39. The summed E-state index contributed by atoms with van der Waals surface area (Å²) >= 11 is 0. The van der Waals surface area contributed by atoms with Crippen molar-refractivity contribution < 1.29 is 14.1 Å². The van der Waals surface area contributed by atoms with E-state index in [2.05, 4.69) is 22.1 Å². The van der Waals surface area contributed by atoms with E-state index in [1.807, 2.05) is 60.4 Å². The van der Waals surface area contributed by atoms with Gasteiger partial charge in [0.1, 0.15) is 5.75 Å². The Morgan fingerprint density at radius 2 is 1.73 bits per heavy atom. The number of nitrogens with zero attached hydrogens (tertiary/aromatic N) is 4. The molecule has 4 rings (SSSR count). The molecule has 30 heavy (non-hydrogen) atoms. The van der Waals surface area contributed by atoms with E-state index in [0.29, 0.717) is 17.5 Å². The fourth-order valence-electron chi connectivity index (χ4n) is 3.39. The Bertz CT molecular complexity index is 982. The quantitative estimate of drug-likeness (QED) is 0.648. The lowest BCUT2D eigenvalue weighted by atomic mass is 10.1. The third-order valence-corrected chi connectivity index (χ3v) is 5.27. The largest absolute Gasteiger partial charge is 0.484 e. The smallest absolute Gasteiger partial charge is 0.260 e. The Labute approximate surface area is 176 Å². The molecule has 0 spiro atoms. The highest BCUT2D eigenvalue weighted by atomic mass is 16.5. The molecular weight excluding hydrogens is 380 g/mol. The monoisotopic (exact) mass is 406 g/mol. The van der Waals surface area contributed by atoms with E-state index in [9.17, 15) is 4.79 Å². The molecule has 2 heterocycles. The van der Waals surface area contributed by atoms with E-state index in [0.717, 1.165) is 43.7 Å². The van der Waals surface area contributed by atoms with Gasteiger partial charge in [0.2, 0.25) is 5.82 Å². The van der Waals surface area contributed by atoms with Gasteiger partial charge in [-0.05, 0) is 51.2 Å². The minimum atomic E-state index is 0.0222. The van der Waals surface area contributed by atoms with Crippen LogP contribution in [-0.2, 0) is 4.79 Å². The van der Waals surface area contributed by atoms with Crippen LogP contribution in [0.15, 0.2) is 53.1 Å². The van der Waals surface area contributed by atoms with Crippen molar-refractivity contribution in [2.45, 2.75) is 13.3 Å². The molecule has 7 heteroatoms. The number of likely N-dealkylation sites (N-methyl/N-ethyl adjacent to an activating group) is 1. The topological polar surface area (TPSA) is 71.7 Å². The first kappa shape index (κ1) is 20.1. The number of carbonyl (C=O) groups excluding carboxylic acids is 1. The molecule has 0 unspecified atom stereocenters. The van der Waals surface area contributed by atoms with Crippen molar-refractivity contribution in [1.82, 2.24) is 19.9 Å². The number of hydrogen-bond donors (Lipinski definition) is 0. The van der Waals surface area contributed by atoms with Crippen LogP contribution in [-0.4, -0.2) is 65.7 Å². The maximum Gasteiger partial charge on any atom is 0.260 e. The van der Waals surface area contributed by atoms with Crippen molar-refractivity contribution in [1.29, 1.82) is 0 Å². The number of rotatable bonds is 5. The molecule has 1 amide bonds. The van der Waals surface area contributed by atoms with Crippen LogP contribution in [0.2, 0.25) is 0 Å². The van der Waals surface area contributed by atoms with Crippen LogP contribution in [0.4, 0.5) is 0 Å². The van der Waals surface area contributed by atoms with Crippen molar-refractivity contribution >= 4 is 5.91 Å². The second-order valence-corrected chi connectivity index (χ2v) is 7.64. The lowest BCUT2D eigenvalue weighted by Gasteiger charge is -2.20. The molecule has 1 saturated heterocycles. The minimum Gasteiger partial charge on any atom is -0.484 e. The highest BCUT2D eigenvalue weighted by Gasteiger charge is 2.18. The summed E-state index contributed by atoms with van der Waals surface area (Å²) < 4.78 is 11.1. The summed E-state index contributed by atoms with van der Waals surface area (Å²) in [4.78, 5) is 21.0. The van der Waals surface area contributed by atoms with Gasteiger partial charge < -0.3 is 19.1 Å². The summed E-state index contributed by atoms with van der Waals surface area (Å²) in [6.07, 6.45) is 0.992. The van der Waals surface area contributed by atoms with Gasteiger partial charge >= 0.3 is 0 Å². The molecule has 0 saturated carbocycles. The van der Waals surface area contributed by atoms with Gasteiger partial charge in [-0.2, -0.15) is 4.98 Å². The highest BCUT2D eigenvalue weighted by molar-refractivity contribution is 5.77. The Morgan fingerprint density at radius 3 is 2.50 bits per heavy atom. The van der Waals surface area contributed by atoms with Crippen molar-refractivity contribution in [3.8, 4) is 28.6 Å². The molecule has 0 aliphatic carbocycles. The second kappa shape index (κ2) is 9.09. The summed E-state index contributed by atoms with van der Waals surface area (Å²) in [6.45, 7) is 5.53. The minimum absolute atomic E-state index is 0.0222. The van der Waals surface area contributed by atoms with Gasteiger partial charge in [-0.15, -0.1) is 0 Å². The molecule has 1 aromatic heterocycles. The van der Waals surface area contributed by atoms with Crippen LogP contribution in [0.25, 0.3) is 22.8 Å². The lowest BCUT2D eigenvalue weighted by molar-refractivity contribution is -0.133. The standard InChI is InChI=1S/C23H26N4O3/c1-17-4-6-18(7-5-17)22-24-23(30-25-22)19-8-10-20(11-9-19)29-16-21(28)27-13-3-12-26(2)14-15-27/h4-11H,3,12-16H2,1-2H3. The fraction of sp³-hybridized carbons (Fsp3) is 0.348. The van der Waals surface area contributed by atoms with Gasteiger partial charge in [0.25, 0.3) is 11.8 Å². The first-order chi connectivity index (χ1) is 14.6. The van der Waals surface area contributed by atoms with Crippen LogP contribution in [0.5, 0.6) is 5.75 Å². The van der Waals surface area contributed by atoms with E-state index in [1.165, 1.54) is 5.56 Å². The second-order valence-electron chi connectivity index (χ2n) is 7.64. The number of carbonyl (C=O) groups is 1. The van der Waals surface area contributed by atoms with E-state index in [4.69, 9.17) is 9.26 Å². The van der Waals surface area contributed by atoms with Crippen LogP contribution in [0, 0.1) is 6.92 Å². The van der Waals surface area contributed by atoms with Gasteiger partial charge in [0.15, 0.2) is 6.61 Å². The number of aryl methyl sites for hydroxylation is 1. The van der Waals surface area contributed by atoms with E-state index in [1.54, 1.807) is 0 Å². The zero-order chi connectivity index (χ0) is 20.9. The summed E-state index contributed by atoms with van der Waals surface area (Å²) in [5.41, 5.74) is 2.89. The predicted molar refractivity (Wildman–Crippen MR) is 114 cm³/mol. The summed E-state index contributed by atoms with van der Waals surface area (Å²) in [5.74, 6) is 1.66. The summed E-state index contributed by atoms with van der Waals surface area (Å²) in [6, 6.07) is 15.3. The molecule has 1 aliphatic rings. The Morgan fingerprint density at radius 1 is 1.00 bits per heavy atom. The molecule has 1 fully saturated rings. The van der Waals surface area contributed by atoms with Crippen molar-refractivity contribution in [3.63, 3.8) is 0 Å². The maximum absolute atomic E-state index is 12.4. The van der Waals surface area contributed by atoms with Crippen LogP contribution in [0.1, 0.15) is 12.0 Å². The van der Waals surface area contributed by atoms with Gasteiger partial charge in [0, 0.05) is 30.8 Å². The lowest BCUT2D eigenvalue weighted by Crippen LogP contribution is -2.37. The third kappa shape index (κ3) is 4.86. The van der Waals surface area contributed by atoms with Gasteiger partial charge in [-0.25, -0.2) is 0 Å². The van der Waals surface area contributed by atoms with Crippen molar-refractivity contribution in [2.24, 2.45) is 0 Å². The third-order valence-electron chi connectivity index (χ3n) is 5.27. The van der Waals surface area contributed by atoms with Crippen LogP contribution in [0.3, 0.4) is 0 Å². The molecule has 1 aliphatic heterocycles. The number of ether oxygens (including phenoxy) is 1. The van der Waals surface area contributed by atoms with Gasteiger partial charge in [0.05, 0.1) is 0 Å². The Hall–Kier alpha value is -3.19. The molecule has 0 atom stereocenters. The van der Waals surface area contributed by atoms with Crippen molar-refractivity contribution in [3.05, 3.63) is 54.1 Å². The molecule has 7 nitrogen and oxygen atoms in total. The first-order valence-electron chi connectivity index (χ1n) is 10.2. The zero-order valence-electron chi connectivity index (χ0n) is 17.4. The normalized spacial score (nSPS) is 15.1. The van der Waals surface area contributed by atoms with E-state index < -0.39 is 0 Å². The summed E-state index contributed by atoms with van der Waals surface area (Å²) in [5, 5.41) is 4.07. The number of amides is 1. The van der Waals surface area contributed by atoms with Crippen LogP contribution >= 0.6 is 0 Å². The van der Waals surface area contributed by atoms with Crippen molar-refractivity contribution in [2.75, 3.05) is 39.8 Å². The van der Waals surface area contributed by atoms with E-state index in [-0.39, 0.29) is 12.5 Å². The van der Waals surface area contributed by atoms with Crippen LogP contribution < -0.4 is 4.74 Å². The Balaban J connectivity index is 1.35. The number of hydrogen-bond acceptors (Lipinski definition) is 6. The average molecular weight is 406 g/mol. The van der Waals surface area contributed by atoms with Gasteiger partial charge in [-0.1, -0.05) is 35.0 Å².